The number of carbonyl (C=O) groups is 1. The second-order valence-electron chi connectivity index (χ2n) is 6.10. The Morgan fingerprint density at radius 1 is 1.29 bits per heavy atom. The molecule has 6 nitrogen and oxygen atoms in total. The molecule has 6 heteroatoms. The first-order valence-corrected chi connectivity index (χ1v) is 7.90. The van der Waals surface area contributed by atoms with Gasteiger partial charge in [-0.2, -0.15) is 4.98 Å². The molecule has 0 saturated carbocycles. The Bertz CT molecular complexity index is 854. The largest absolute Gasteiger partial charge is 0.459 e. The SMILES string of the molecule is Cc1cccc(CN2CC(c3noc(-c4ccco4)n3)CC2=O)c1. The number of hydrogen-bond acceptors (Lipinski definition) is 5. The number of hydrogen-bond donors (Lipinski definition) is 0. The lowest BCUT2D eigenvalue weighted by Crippen LogP contribution is -2.24. The molecule has 1 saturated heterocycles. The zero-order valence-corrected chi connectivity index (χ0v) is 13.3. The monoisotopic (exact) mass is 323 g/mol. The fraction of sp³-hybridized carbons (Fsp3) is 0.278. The van der Waals surface area contributed by atoms with Crippen LogP contribution < -0.4 is 0 Å². The molecule has 0 bridgehead atoms. The van der Waals surface area contributed by atoms with Crippen LogP contribution in [0.1, 0.15) is 29.3 Å². The number of benzene rings is 1. The molecule has 1 aliphatic rings. The minimum Gasteiger partial charge on any atom is -0.459 e. The van der Waals surface area contributed by atoms with Crippen LogP contribution in [0.15, 0.2) is 51.6 Å². The average Bonchev–Trinajstić information content (AvgIpc) is 3.28. The van der Waals surface area contributed by atoms with Gasteiger partial charge < -0.3 is 13.8 Å². The van der Waals surface area contributed by atoms with Crippen molar-refractivity contribution in [3.63, 3.8) is 0 Å². The highest BCUT2D eigenvalue weighted by atomic mass is 16.5. The molecule has 24 heavy (non-hydrogen) atoms. The summed E-state index contributed by atoms with van der Waals surface area (Å²) in [5.41, 5.74) is 2.32. The van der Waals surface area contributed by atoms with Gasteiger partial charge in [-0.1, -0.05) is 35.0 Å². The van der Waals surface area contributed by atoms with Crippen molar-refractivity contribution in [2.24, 2.45) is 0 Å². The van der Waals surface area contributed by atoms with Gasteiger partial charge in [0.25, 0.3) is 5.89 Å². The fourth-order valence-electron chi connectivity index (χ4n) is 3.03. The molecular weight excluding hydrogens is 306 g/mol. The van der Waals surface area contributed by atoms with Crippen molar-refractivity contribution in [1.29, 1.82) is 0 Å². The van der Waals surface area contributed by atoms with Crippen molar-refractivity contribution in [3.05, 3.63) is 59.6 Å². The van der Waals surface area contributed by atoms with Gasteiger partial charge in [-0.15, -0.1) is 0 Å². The molecule has 3 aromatic rings. The predicted molar refractivity (Wildman–Crippen MR) is 86.0 cm³/mol. The minimum atomic E-state index is -0.0465. The van der Waals surface area contributed by atoms with E-state index in [0.717, 1.165) is 5.56 Å². The summed E-state index contributed by atoms with van der Waals surface area (Å²) in [6, 6.07) is 11.7. The Morgan fingerprint density at radius 2 is 2.21 bits per heavy atom. The number of aryl methyl sites for hydroxylation is 1. The highest BCUT2D eigenvalue weighted by Crippen LogP contribution is 2.29. The van der Waals surface area contributed by atoms with Gasteiger partial charge in [0, 0.05) is 25.4 Å². The van der Waals surface area contributed by atoms with Crippen LogP contribution in [-0.2, 0) is 11.3 Å². The van der Waals surface area contributed by atoms with Crippen LogP contribution in [0.5, 0.6) is 0 Å². The van der Waals surface area contributed by atoms with Crippen LogP contribution >= 0.6 is 0 Å². The zero-order chi connectivity index (χ0) is 16.5. The number of furan rings is 1. The summed E-state index contributed by atoms with van der Waals surface area (Å²) in [6.07, 6.45) is 1.96. The van der Waals surface area contributed by atoms with E-state index in [1.807, 2.05) is 30.0 Å². The molecule has 1 aliphatic heterocycles. The first kappa shape index (κ1) is 14.7. The molecule has 1 atom stereocenters. The van der Waals surface area contributed by atoms with E-state index in [2.05, 4.69) is 16.2 Å². The summed E-state index contributed by atoms with van der Waals surface area (Å²) >= 11 is 0. The van der Waals surface area contributed by atoms with E-state index in [1.165, 1.54) is 5.56 Å². The number of carbonyl (C=O) groups excluding carboxylic acids is 1. The van der Waals surface area contributed by atoms with Gasteiger partial charge in [0.2, 0.25) is 5.91 Å². The van der Waals surface area contributed by atoms with Crippen molar-refractivity contribution in [2.45, 2.75) is 25.8 Å². The third kappa shape index (κ3) is 2.82. The molecule has 3 heterocycles. The first-order chi connectivity index (χ1) is 11.7. The topological polar surface area (TPSA) is 72.4 Å². The molecule has 1 unspecified atom stereocenters. The summed E-state index contributed by atoms with van der Waals surface area (Å²) in [7, 11) is 0. The van der Waals surface area contributed by atoms with Crippen molar-refractivity contribution in [3.8, 4) is 11.7 Å². The summed E-state index contributed by atoms with van der Waals surface area (Å²) in [6.45, 7) is 3.26. The fourth-order valence-corrected chi connectivity index (χ4v) is 3.03. The molecule has 0 aliphatic carbocycles. The zero-order valence-electron chi connectivity index (χ0n) is 13.3. The van der Waals surface area contributed by atoms with E-state index >= 15 is 0 Å². The molecule has 1 amide bonds. The summed E-state index contributed by atoms with van der Waals surface area (Å²) in [5, 5.41) is 4.02. The number of aromatic nitrogens is 2. The number of likely N-dealkylation sites (tertiary alicyclic amines) is 1. The van der Waals surface area contributed by atoms with Gasteiger partial charge in [-0.25, -0.2) is 0 Å². The Hall–Kier alpha value is -2.89. The highest BCUT2D eigenvalue weighted by Gasteiger charge is 2.33. The van der Waals surface area contributed by atoms with Crippen LogP contribution in [0.2, 0.25) is 0 Å². The predicted octanol–water partition coefficient (Wildman–Crippen LogP) is 3.15. The lowest BCUT2D eigenvalue weighted by molar-refractivity contribution is -0.128. The summed E-state index contributed by atoms with van der Waals surface area (Å²) < 4.78 is 10.5. The molecule has 1 aromatic carbocycles. The molecule has 0 N–H and O–H groups in total. The number of rotatable bonds is 4. The van der Waals surface area contributed by atoms with E-state index in [1.54, 1.807) is 18.4 Å². The second-order valence-corrected chi connectivity index (χ2v) is 6.10. The van der Waals surface area contributed by atoms with Crippen molar-refractivity contribution >= 4 is 5.91 Å². The van der Waals surface area contributed by atoms with Gasteiger partial charge in [0.1, 0.15) is 0 Å². The Labute approximate surface area is 139 Å². The molecular formula is C18H17N3O3. The van der Waals surface area contributed by atoms with Crippen LogP contribution in [0.4, 0.5) is 0 Å². The third-order valence-electron chi connectivity index (χ3n) is 4.21. The molecule has 0 radical (unpaired) electrons. The van der Waals surface area contributed by atoms with E-state index in [-0.39, 0.29) is 11.8 Å². The smallest absolute Gasteiger partial charge is 0.293 e. The van der Waals surface area contributed by atoms with E-state index < -0.39 is 0 Å². The standard InChI is InChI=1S/C18H17N3O3/c1-12-4-2-5-13(8-12)10-21-11-14(9-16(21)22)17-19-18(24-20-17)15-6-3-7-23-15/h2-8,14H,9-11H2,1H3. The molecule has 4 rings (SSSR count). The Kier molecular flexibility index (Phi) is 3.65. The van der Waals surface area contributed by atoms with Crippen LogP contribution in [0, 0.1) is 6.92 Å². The lowest BCUT2D eigenvalue weighted by Gasteiger charge is -2.16. The van der Waals surface area contributed by atoms with Gasteiger partial charge >= 0.3 is 0 Å². The number of amides is 1. The van der Waals surface area contributed by atoms with E-state index in [0.29, 0.717) is 37.0 Å². The van der Waals surface area contributed by atoms with E-state index in [9.17, 15) is 4.79 Å². The van der Waals surface area contributed by atoms with Gasteiger partial charge in [0.05, 0.1) is 6.26 Å². The van der Waals surface area contributed by atoms with Gasteiger partial charge in [-0.3, -0.25) is 4.79 Å². The third-order valence-corrected chi connectivity index (χ3v) is 4.21. The average molecular weight is 323 g/mol. The maximum Gasteiger partial charge on any atom is 0.293 e. The maximum atomic E-state index is 12.3. The minimum absolute atomic E-state index is 0.0465. The Morgan fingerprint density at radius 3 is 3.00 bits per heavy atom. The maximum absolute atomic E-state index is 12.3. The van der Waals surface area contributed by atoms with Crippen LogP contribution in [0.3, 0.4) is 0 Å². The molecule has 1 fully saturated rings. The first-order valence-electron chi connectivity index (χ1n) is 7.90. The summed E-state index contributed by atoms with van der Waals surface area (Å²) in [4.78, 5) is 18.5. The summed E-state index contributed by atoms with van der Waals surface area (Å²) in [5.74, 6) is 1.51. The normalized spacial score (nSPS) is 17.6. The van der Waals surface area contributed by atoms with Crippen molar-refractivity contribution in [1.82, 2.24) is 15.0 Å². The molecule has 122 valence electrons. The quantitative estimate of drug-likeness (QED) is 0.737. The van der Waals surface area contributed by atoms with Crippen molar-refractivity contribution in [2.75, 3.05) is 6.54 Å². The van der Waals surface area contributed by atoms with Gasteiger partial charge in [0.15, 0.2) is 11.6 Å². The van der Waals surface area contributed by atoms with Crippen molar-refractivity contribution < 1.29 is 13.7 Å². The highest BCUT2D eigenvalue weighted by molar-refractivity contribution is 5.79. The lowest BCUT2D eigenvalue weighted by atomic mass is 10.1. The molecule has 2 aromatic heterocycles. The van der Waals surface area contributed by atoms with Gasteiger partial charge in [-0.05, 0) is 24.6 Å². The van der Waals surface area contributed by atoms with E-state index in [4.69, 9.17) is 8.94 Å². The van der Waals surface area contributed by atoms with Crippen LogP contribution in [0.25, 0.3) is 11.7 Å². The Balaban J connectivity index is 1.48. The molecule has 0 spiro atoms. The number of nitrogens with zero attached hydrogens (tertiary/aromatic N) is 3. The second kappa shape index (κ2) is 5.96. The van der Waals surface area contributed by atoms with Crippen LogP contribution in [-0.4, -0.2) is 27.5 Å².